The zero-order valence-corrected chi connectivity index (χ0v) is 15.2. The summed E-state index contributed by atoms with van der Waals surface area (Å²) in [5, 5.41) is 2.75. The summed E-state index contributed by atoms with van der Waals surface area (Å²) in [4.78, 5) is 37.4. The summed E-state index contributed by atoms with van der Waals surface area (Å²) >= 11 is 0. The van der Waals surface area contributed by atoms with Gasteiger partial charge in [0.2, 0.25) is 11.8 Å². The van der Waals surface area contributed by atoms with E-state index in [1.165, 1.54) is 18.7 Å². The van der Waals surface area contributed by atoms with E-state index >= 15 is 0 Å². The van der Waals surface area contributed by atoms with Gasteiger partial charge in [0, 0.05) is 29.9 Å². The van der Waals surface area contributed by atoms with Crippen LogP contribution in [-0.4, -0.2) is 37.4 Å². The summed E-state index contributed by atoms with van der Waals surface area (Å²) < 4.78 is 10.9. The third kappa shape index (κ3) is 4.44. The van der Waals surface area contributed by atoms with Crippen LogP contribution in [0.25, 0.3) is 0 Å². The Kier molecular flexibility index (Phi) is 5.40. The first-order valence-corrected chi connectivity index (χ1v) is 8.52. The van der Waals surface area contributed by atoms with Crippen molar-refractivity contribution in [1.29, 1.82) is 0 Å². The van der Waals surface area contributed by atoms with Crippen LogP contribution in [0.15, 0.2) is 42.5 Å². The third-order valence-electron chi connectivity index (χ3n) is 4.07. The maximum atomic E-state index is 12.4. The second kappa shape index (κ2) is 7.90. The molecule has 1 aliphatic rings. The molecule has 0 saturated heterocycles. The van der Waals surface area contributed by atoms with E-state index in [4.69, 9.17) is 9.47 Å². The number of fused-ring (bicyclic) bond motifs is 1. The Bertz CT molecular complexity index is 894. The fourth-order valence-electron chi connectivity index (χ4n) is 2.74. The quantitative estimate of drug-likeness (QED) is 0.820. The first kappa shape index (κ1) is 18.4. The van der Waals surface area contributed by atoms with E-state index in [2.05, 4.69) is 5.32 Å². The van der Waals surface area contributed by atoms with Crippen LogP contribution in [-0.2, 0) is 9.59 Å². The van der Waals surface area contributed by atoms with Crippen molar-refractivity contribution in [3.8, 4) is 11.5 Å². The van der Waals surface area contributed by atoms with Gasteiger partial charge in [0.05, 0.1) is 0 Å². The number of anilines is 2. The zero-order chi connectivity index (χ0) is 19.4. The minimum Gasteiger partial charge on any atom is -0.486 e. The number of nitrogens with zero attached hydrogens (tertiary/aromatic N) is 1. The van der Waals surface area contributed by atoms with Crippen LogP contribution < -0.4 is 19.7 Å². The highest BCUT2D eigenvalue weighted by atomic mass is 16.6. The largest absolute Gasteiger partial charge is 0.486 e. The van der Waals surface area contributed by atoms with Crippen LogP contribution in [0.1, 0.15) is 24.2 Å². The number of ether oxygens (including phenoxy) is 2. The van der Waals surface area contributed by atoms with E-state index < -0.39 is 0 Å². The molecule has 7 heteroatoms. The van der Waals surface area contributed by atoms with Crippen LogP contribution in [0.5, 0.6) is 11.5 Å². The van der Waals surface area contributed by atoms with Gasteiger partial charge in [0.1, 0.15) is 19.8 Å². The van der Waals surface area contributed by atoms with Crippen molar-refractivity contribution in [2.45, 2.75) is 13.8 Å². The van der Waals surface area contributed by atoms with E-state index in [1.807, 2.05) is 0 Å². The molecule has 2 aromatic carbocycles. The van der Waals surface area contributed by atoms with Gasteiger partial charge < -0.3 is 19.7 Å². The van der Waals surface area contributed by atoms with Gasteiger partial charge in [-0.1, -0.05) is 12.1 Å². The molecule has 0 aliphatic carbocycles. The number of carbonyl (C=O) groups is 3. The maximum absolute atomic E-state index is 12.4. The second-order valence-electron chi connectivity index (χ2n) is 6.12. The molecule has 0 radical (unpaired) electrons. The molecule has 3 rings (SSSR count). The summed E-state index contributed by atoms with van der Waals surface area (Å²) in [5.74, 6) is 0.423. The first-order chi connectivity index (χ1) is 12.9. The molecule has 1 heterocycles. The van der Waals surface area contributed by atoms with E-state index in [0.717, 1.165) is 0 Å². The first-order valence-electron chi connectivity index (χ1n) is 8.52. The molecule has 2 aromatic rings. The summed E-state index contributed by atoms with van der Waals surface area (Å²) in [6.07, 6.45) is 0. The molecule has 27 heavy (non-hydrogen) atoms. The third-order valence-corrected chi connectivity index (χ3v) is 4.07. The smallest absolute Gasteiger partial charge is 0.244 e. The minimum atomic E-state index is -0.366. The highest BCUT2D eigenvalue weighted by Gasteiger charge is 2.18. The SMILES string of the molecule is CC(=O)c1cccc(N(CC(=O)Nc2ccc3c(c2)OCCO3)C(C)=O)c1. The molecular weight excluding hydrogens is 348 g/mol. The normalized spacial score (nSPS) is 12.2. The molecule has 0 atom stereocenters. The average molecular weight is 368 g/mol. The molecule has 0 unspecified atom stereocenters. The molecule has 140 valence electrons. The van der Waals surface area contributed by atoms with Crippen molar-refractivity contribution in [3.05, 3.63) is 48.0 Å². The standard InChI is InChI=1S/C20H20N2O5/c1-13(23)15-4-3-5-17(10-15)22(14(2)24)12-20(25)21-16-6-7-18-19(11-16)27-9-8-26-18/h3-7,10-11H,8-9,12H2,1-2H3,(H,21,25). The van der Waals surface area contributed by atoms with E-state index in [-0.39, 0.29) is 24.1 Å². The fraction of sp³-hybridized carbons (Fsp3) is 0.250. The molecule has 0 bridgehead atoms. The van der Waals surface area contributed by atoms with Crippen molar-refractivity contribution in [1.82, 2.24) is 0 Å². The van der Waals surface area contributed by atoms with Crippen LogP contribution in [0.3, 0.4) is 0 Å². The van der Waals surface area contributed by atoms with Crippen LogP contribution in [0.2, 0.25) is 0 Å². The van der Waals surface area contributed by atoms with Crippen LogP contribution in [0.4, 0.5) is 11.4 Å². The monoisotopic (exact) mass is 368 g/mol. The summed E-state index contributed by atoms with van der Waals surface area (Å²) in [6, 6.07) is 11.7. The molecule has 7 nitrogen and oxygen atoms in total. The Morgan fingerprint density at radius 3 is 2.44 bits per heavy atom. The second-order valence-corrected chi connectivity index (χ2v) is 6.12. The van der Waals surface area contributed by atoms with Gasteiger partial charge in [-0.05, 0) is 31.2 Å². The van der Waals surface area contributed by atoms with Crippen molar-refractivity contribution < 1.29 is 23.9 Å². The number of hydrogen-bond acceptors (Lipinski definition) is 5. The van der Waals surface area contributed by atoms with Crippen LogP contribution in [0, 0.1) is 0 Å². The number of amides is 2. The van der Waals surface area contributed by atoms with Gasteiger partial charge in [0.15, 0.2) is 17.3 Å². The number of Topliss-reactive ketones (excluding diaryl/α,β-unsaturated/α-hetero) is 1. The Morgan fingerprint density at radius 2 is 1.74 bits per heavy atom. The lowest BCUT2D eigenvalue weighted by molar-refractivity contribution is -0.120. The predicted molar refractivity (Wildman–Crippen MR) is 101 cm³/mol. The molecule has 0 aromatic heterocycles. The Hall–Kier alpha value is -3.35. The van der Waals surface area contributed by atoms with Gasteiger partial charge in [-0.3, -0.25) is 14.4 Å². The average Bonchev–Trinajstić information content (AvgIpc) is 2.66. The molecule has 0 fully saturated rings. The lowest BCUT2D eigenvalue weighted by atomic mass is 10.1. The Morgan fingerprint density at radius 1 is 1.00 bits per heavy atom. The fourth-order valence-corrected chi connectivity index (χ4v) is 2.74. The number of benzene rings is 2. The van der Waals surface area contributed by atoms with Crippen LogP contribution >= 0.6 is 0 Å². The minimum absolute atomic E-state index is 0.110. The maximum Gasteiger partial charge on any atom is 0.244 e. The molecule has 0 spiro atoms. The Labute approximate surface area is 156 Å². The highest BCUT2D eigenvalue weighted by Crippen LogP contribution is 2.32. The summed E-state index contributed by atoms with van der Waals surface area (Å²) in [6.45, 7) is 3.59. The molecule has 0 saturated carbocycles. The number of rotatable bonds is 5. The highest BCUT2D eigenvalue weighted by molar-refractivity contribution is 6.03. The lowest BCUT2D eigenvalue weighted by Crippen LogP contribution is -2.36. The van der Waals surface area contributed by atoms with E-state index in [0.29, 0.717) is 41.7 Å². The van der Waals surface area contributed by atoms with Gasteiger partial charge in [-0.25, -0.2) is 0 Å². The van der Waals surface area contributed by atoms with E-state index in [9.17, 15) is 14.4 Å². The molecular formula is C20H20N2O5. The summed E-state index contributed by atoms with van der Waals surface area (Å²) in [5.41, 5.74) is 1.52. The molecule has 1 aliphatic heterocycles. The van der Waals surface area contributed by atoms with Crippen molar-refractivity contribution in [3.63, 3.8) is 0 Å². The number of carbonyl (C=O) groups excluding carboxylic acids is 3. The summed E-state index contributed by atoms with van der Waals surface area (Å²) in [7, 11) is 0. The van der Waals surface area contributed by atoms with Crippen molar-refractivity contribution in [2.24, 2.45) is 0 Å². The predicted octanol–water partition coefficient (Wildman–Crippen LogP) is 2.65. The molecule has 2 amide bonds. The Balaban J connectivity index is 1.73. The van der Waals surface area contributed by atoms with E-state index in [1.54, 1.807) is 42.5 Å². The van der Waals surface area contributed by atoms with Gasteiger partial charge >= 0.3 is 0 Å². The zero-order valence-electron chi connectivity index (χ0n) is 15.2. The number of nitrogens with one attached hydrogen (secondary N) is 1. The van der Waals surface area contributed by atoms with Gasteiger partial charge in [0.25, 0.3) is 0 Å². The van der Waals surface area contributed by atoms with Crippen molar-refractivity contribution >= 4 is 29.0 Å². The topological polar surface area (TPSA) is 84.9 Å². The number of ketones is 1. The number of hydrogen-bond donors (Lipinski definition) is 1. The van der Waals surface area contributed by atoms with Gasteiger partial charge in [-0.15, -0.1) is 0 Å². The molecule has 1 N–H and O–H groups in total. The van der Waals surface area contributed by atoms with Crippen molar-refractivity contribution in [2.75, 3.05) is 30.0 Å². The lowest BCUT2D eigenvalue weighted by Gasteiger charge is -2.22. The van der Waals surface area contributed by atoms with Gasteiger partial charge in [-0.2, -0.15) is 0 Å².